The minimum Gasteiger partial charge on any atom is -0.488 e. The van der Waals surface area contributed by atoms with Crippen molar-refractivity contribution in [2.45, 2.75) is 6.92 Å². The maximum Gasteiger partial charge on any atom is 0.325 e. The summed E-state index contributed by atoms with van der Waals surface area (Å²) in [5, 5.41) is 9.29. The van der Waals surface area contributed by atoms with Gasteiger partial charge < -0.3 is 4.74 Å². The Morgan fingerprint density at radius 3 is 2.91 bits per heavy atom. The molecule has 0 bridgehead atoms. The quantitative estimate of drug-likeness (QED) is 0.416. The van der Waals surface area contributed by atoms with Crippen molar-refractivity contribution >= 4 is 11.6 Å². The number of hydrogen-bond acceptors (Lipinski definition) is 2. The van der Waals surface area contributed by atoms with Gasteiger partial charge in [0.1, 0.15) is 0 Å². The van der Waals surface area contributed by atoms with Gasteiger partial charge in [0.25, 0.3) is 6.20 Å². The van der Waals surface area contributed by atoms with Crippen molar-refractivity contribution in [3.63, 3.8) is 0 Å². The molecule has 1 N–H and O–H groups in total. The van der Waals surface area contributed by atoms with Crippen LogP contribution < -0.4 is 9.47 Å². The van der Waals surface area contributed by atoms with Gasteiger partial charge in [-0.1, -0.05) is 0 Å². The van der Waals surface area contributed by atoms with Gasteiger partial charge in [-0.2, -0.15) is 0 Å². The standard InChI is InChI=1S/C7H9ClNO2/c1-2-11-6-3-4-7(8)9(10)5-6/h3-5,10H,2H2,1H3/q+1. The molecule has 0 spiro atoms. The fraction of sp³-hybridized carbons (Fsp3) is 0.286. The lowest BCUT2D eigenvalue weighted by Gasteiger charge is -1.97. The molecule has 4 heteroatoms. The van der Waals surface area contributed by atoms with Crippen LogP contribution in [0.1, 0.15) is 6.92 Å². The highest BCUT2D eigenvalue weighted by Gasteiger charge is 2.07. The molecule has 1 aromatic heterocycles. The third-order valence-corrected chi connectivity index (χ3v) is 1.46. The monoisotopic (exact) mass is 174 g/mol. The minimum atomic E-state index is 0.258. The van der Waals surface area contributed by atoms with Crippen LogP contribution in [0.3, 0.4) is 0 Å². The molecule has 0 aromatic carbocycles. The Labute approximate surface area is 69.8 Å². The van der Waals surface area contributed by atoms with Gasteiger partial charge in [-0.3, -0.25) is 5.21 Å². The smallest absolute Gasteiger partial charge is 0.325 e. The van der Waals surface area contributed by atoms with Crippen LogP contribution in [-0.2, 0) is 0 Å². The molecule has 0 unspecified atom stereocenters. The molecule has 1 heterocycles. The molecular formula is C7H9ClNO2+. The van der Waals surface area contributed by atoms with E-state index in [9.17, 15) is 0 Å². The zero-order chi connectivity index (χ0) is 8.27. The van der Waals surface area contributed by atoms with E-state index in [0.717, 1.165) is 4.73 Å². The highest BCUT2D eigenvalue weighted by molar-refractivity contribution is 6.28. The Morgan fingerprint density at radius 1 is 1.64 bits per heavy atom. The second-order valence-electron chi connectivity index (χ2n) is 1.97. The number of hydrogen-bond donors (Lipinski definition) is 1. The molecule has 0 amide bonds. The molecule has 0 radical (unpaired) electrons. The van der Waals surface area contributed by atoms with Crippen LogP contribution in [0.25, 0.3) is 0 Å². The van der Waals surface area contributed by atoms with Gasteiger partial charge >= 0.3 is 5.15 Å². The number of ether oxygens (including phenoxy) is 1. The van der Waals surface area contributed by atoms with Crippen LogP contribution in [0.5, 0.6) is 5.75 Å². The second kappa shape index (κ2) is 3.44. The minimum absolute atomic E-state index is 0.258. The van der Waals surface area contributed by atoms with Crippen LogP contribution in [0.4, 0.5) is 0 Å². The van der Waals surface area contributed by atoms with E-state index in [-0.39, 0.29) is 5.15 Å². The highest BCUT2D eigenvalue weighted by Crippen LogP contribution is 2.09. The summed E-state index contributed by atoms with van der Waals surface area (Å²) in [6.07, 6.45) is 1.41. The summed E-state index contributed by atoms with van der Waals surface area (Å²) in [7, 11) is 0. The van der Waals surface area contributed by atoms with Crippen molar-refractivity contribution in [2.24, 2.45) is 0 Å². The Hall–Kier alpha value is -0.960. The van der Waals surface area contributed by atoms with Crippen molar-refractivity contribution < 1.29 is 14.7 Å². The van der Waals surface area contributed by atoms with Gasteiger partial charge in [0.15, 0.2) is 5.75 Å². The fourth-order valence-corrected chi connectivity index (χ4v) is 0.816. The van der Waals surface area contributed by atoms with Gasteiger partial charge in [0.2, 0.25) is 0 Å². The summed E-state index contributed by atoms with van der Waals surface area (Å²) in [6.45, 7) is 2.44. The summed E-state index contributed by atoms with van der Waals surface area (Å²) in [4.78, 5) is 0. The Bertz CT molecular complexity index is 252. The van der Waals surface area contributed by atoms with Gasteiger partial charge in [-0.05, 0) is 24.6 Å². The van der Waals surface area contributed by atoms with E-state index < -0.39 is 0 Å². The van der Waals surface area contributed by atoms with E-state index in [1.807, 2.05) is 6.92 Å². The molecule has 11 heavy (non-hydrogen) atoms. The van der Waals surface area contributed by atoms with Gasteiger partial charge in [-0.15, -0.1) is 0 Å². The summed E-state index contributed by atoms with van der Waals surface area (Å²) < 4.78 is 5.91. The van der Waals surface area contributed by atoms with Crippen molar-refractivity contribution in [1.82, 2.24) is 0 Å². The molecule has 0 aliphatic carbocycles. The number of rotatable bonds is 2. The summed E-state index contributed by atoms with van der Waals surface area (Å²) in [5.74, 6) is 0.597. The zero-order valence-corrected chi connectivity index (χ0v) is 6.88. The van der Waals surface area contributed by atoms with E-state index in [0.29, 0.717) is 12.4 Å². The highest BCUT2D eigenvalue weighted by atomic mass is 35.5. The van der Waals surface area contributed by atoms with Crippen LogP contribution in [0.2, 0.25) is 5.15 Å². The fourth-order valence-electron chi connectivity index (χ4n) is 0.705. The Balaban J connectivity index is 2.86. The molecule has 60 valence electrons. The summed E-state index contributed by atoms with van der Waals surface area (Å²) in [6, 6.07) is 3.26. The average molecular weight is 175 g/mol. The first-order valence-corrected chi connectivity index (χ1v) is 3.65. The van der Waals surface area contributed by atoms with Gasteiger partial charge in [-0.25, -0.2) is 0 Å². The lowest BCUT2D eigenvalue weighted by atomic mass is 10.5. The average Bonchev–Trinajstić information content (AvgIpc) is 1.98. The molecule has 0 aliphatic heterocycles. The van der Waals surface area contributed by atoms with E-state index >= 15 is 0 Å². The normalized spacial score (nSPS) is 9.64. The Kier molecular flexibility index (Phi) is 2.54. The lowest BCUT2D eigenvalue weighted by Crippen LogP contribution is -2.30. The van der Waals surface area contributed by atoms with Crippen molar-refractivity contribution in [1.29, 1.82) is 0 Å². The van der Waals surface area contributed by atoms with Crippen LogP contribution in [0.15, 0.2) is 18.3 Å². The molecule has 0 fully saturated rings. The first kappa shape index (κ1) is 8.14. The molecule has 0 atom stereocenters. The molecule has 0 saturated carbocycles. The predicted octanol–water partition coefficient (Wildman–Crippen LogP) is 1.26. The van der Waals surface area contributed by atoms with Gasteiger partial charge in [0.05, 0.1) is 6.61 Å². The van der Waals surface area contributed by atoms with E-state index in [2.05, 4.69) is 0 Å². The number of pyridine rings is 1. The number of halogens is 1. The second-order valence-corrected chi connectivity index (χ2v) is 2.35. The summed E-state index contributed by atoms with van der Waals surface area (Å²) in [5.41, 5.74) is 0. The molecular weight excluding hydrogens is 166 g/mol. The maximum absolute atomic E-state index is 9.03. The first-order valence-electron chi connectivity index (χ1n) is 3.27. The van der Waals surface area contributed by atoms with E-state index in [4.69, 9.17) is 21.5 Å². The molecule has 1 aromatic rings. The molecule has 3 nitrogen and oxygen atoms in total. The van der Waals surface area contributed by atoms with Gasteiger partial charge in [0, 0.05) is 10.8 Å². The zero-order valence-electron chi connectivity index (χ0n) is 6.12. The third-order valence-electron chi connectivity index (χ3n) is 1.16. The Morgan fingerprint density at radius 2 is 2.36 bits per heavy atom. The van der Waals surface area contributed by atoms with Crippen LogP contribution >= 0.6 is 11.6 Å². The number of nitrogens with zero attached hydrogens (tertiary/aromatic N) is 1. The van der Waals surface area contributed by atoms with Crippen LogP contribution in [0, 0.1) is 0 Å². The molecule has 0 aliphatic rings. The van der Waals surface area contributed by atoms with Crippen molar-refractivity contribution in [2.75, 3.05) is 6.61 Å². The largest absolute Gasteiger partial charge is 0.488 e. The van der Waals surface area contributed by atoms with Crippen molar-refractivity contribution in [3.8, 4) is 5.75 Å². The summed E-state index contributed by atoms with van der Waals surface area (Å²) >= 11 is 5.54. The van der Waals surface area contributed by atoms with E-state index in [1.54, 1.807) is 12.1 Å². The third kappa shape index (κ3) is 1.98. The SMILES string of the molecule is CCOc1ccc(Cl)[n+](O)c1. The van der Waals surface area contributed by atoms with E-state index in [1.165, 1.54) is 6.20 Å². The van der Waals surface area contributed by atoms with Crippen LogP contribution in [-0.4, -0.2) is 11.8 Å². The maximum atomic E-state index is 9.03. The van der Waals surface area contributed by atoms with Crippen molar-refractivity contribution in [3.05, 3.63) is 23.5 Å². The molecule has 0 saturated heterocycles. The molecule has 1 rings (SSSR count). The first-order chi connectivity index (χ1) is 5.24. The topological polar surface area (TPSA) is 33.3 Å². The lowest BCUT2D eigenvalue weighted by molar-refractivity contribution is -0.903. The predicted molar refractivity (Wildman–Crippen MR) is 40.0 cm³/mol. The number of aromatic nitrogens is 1.